The number of para-hydroxylation sites is 1. The maximum atomic E-state index is 12.4. The molecule has 0 bridgehead atoms. The molecule has 8 heteroatoms. The van der Waals surface area contributed by atoms with E-state index in [9.17, 15) is 22.8 Å². The Kier molecular flexibility index (Phi) is 5.36. The molecule has 1 heterocycles. The maximum Gasteiger partial charge on any atom is 0.406 e. The summed E-state index contributed by atoms with van der Waals surface area (Å²) in [7, 11) is 0. The molecule has 0 spiro atoms. The van der Waals surface area contributed by atoms with Crippen LogP contribution >= 0.6 is 0 Å². The van der Waals surface area contributed by atoms with Gasteiger partial charge in [0.2, 0.25) is 5.91 Å². The second-order valence-corrected chi connectivity index (χ2v) is 5.93. The Balaban J connectivity index is 2.02. The van der Waals surface area contributed by atoms with Crippen LogP contribution in [0.3, 0.4) is 0 Å². The zero-order valence-electron chi connectivity index (χ0n) is 13.4. The van der Waals surface area contributed by atoms with E-state index in [1.807, 2.05) is 13.8 Å². The number of halogens is 3. The molecule has 0 saturated carbocycles. The average molecular weight is 344 g/mol. The fraction of sp³-hybridized carbons (Fsp3) is 0.500. The van der Waals surface area contributed by atoms with E-state index in [1.54, 1.807) is 24.3 Å². The van der Waals surface area contributed by atoms with Gasteiger partial charge in [0.15, 0.2) is 0 Å². The molecule has 24 heavy (non-hydrogen) atoms. The van der Waals surface area contributed by atoms with Crippen LogP contribution in [0.4, 0.5) is 13.2 Å². The summed E-state index contributed by atoms with van der Waals surface area (Å²) < 4.78 is 42.8. The lowest BCUT2D eigenvalue weighted by molar-refractivity contribution is -0.157. The molecular weight excluding hydrogens is 325 g/mol. The van der Waals surface area contributed by atoms with Gasteiger partial charge in [-0.2, -0.15) is 13.2 Å². The number of nitrogens with zero attached hydrogens (tertiary/aromatic N) is 1. The van der Waals surface area contributed by atoms with E-state index < -0.39 is 30.6 Å². The Morgan fingerprint density at radius 3 is 2.67 bits per heavy atom. The molecular formula is C16H19F3N2O3. The third kappa shape index (κ3) is 4.87. The third-order valence-electron chi connectivity index (χ3n) is 3.41. The van der Waals surface area contributed by atoms with Gasteiger partial charge in [0.1, 0.15) is 12.3 Å². The molecule has 2 rings (SSSR count). The van der Waals surface area contributed by atoms with Crippen LogP contribution in [0.1, 0.15) is 30.6 Å². The van der Waals surface area contributed by atoms with Crippen molar-refractivity contribution in [2.24, 2.45) is 0 Å². The van der Waals surface area contributed by atoms with E-state index in [0.717, 1.165) is 0 Å². The summed E-state index contributed by atoms with van der Waals surface area (Å²) >= 11 is 0. The molecule has 1 N–H and O–H groups in total. The Morgan fingerprint density at radius 2 is 2.04 bits per heavy atom. The highest BCUT2D eigenvalue weighted by molar-refractivity contribution is 5.97. The van der Waals surface area contributed by atoms with Crippen molar-refractivity contribution < 1.29 is 27.5 Å². The van der Waals surface area contributed by atoms with Gasteiger partial charge in [-0.15, -0.1) is 0 Å². The van der Waals surface area contributed by atoms with Gasteiger partial charge >= 0.3 is 6.18 Å². The number of amides is 2. The van der Waals surface area contributed by atoms with Gasteiger partial charge in [0.05, 0.1) is 17.7 Å². The van der Waals surface area contributed by atoms with E-state index in [2.05, 4.69) is 5.32 Å². The minimum atomic E-state index is -4.45. The first-order valence-electron chi connectivity index (χ1n) is 7.57. The second kappa shape index (κ2) is 7.11. The van der Waals surface area contributed by atoms with Gasteiger partial charge in [0.25, 0.3) is 5.91 Å². The standard InChI is InChI=1S/C16H19F3N2O3/c1-10(2)24-13-6-4-3-5-12(13)15(23)20-11-7-14(22)21(8-11)9-16(17,18)19/h3-6,10-11H,7-9H2,1-2H3,(H,20,23)/t11-/m0/s1. The van der Waals surface area contributed by atoms with Gasteiger partial charge in [-0.3, -0.25) is 9.59 Å². The predicted octanol–water partition coefficient (Wildman–Crippen LogP) is 2.37. The summed E-state index contributed by atoms with van der Waals surface area (Å²) in [6.45, 7) is 2.18. The van der Waals surface area contributed by atoms with Crippen molar-refractivity contribution in [1.29, 1.82) is 0 Å². The predicted molar refractivity (Wildman–Crippen MR) is 80.7 cm³/mol. The van der Waals surface area contributed by atoms with Gasteiger partial charge < -0.3 is 15.0 Å². The van der Waals surface area contributed by atoms with E-state index in [4.69, 9.17) is 4.74 Å². The highest BCUT2D eigenvalue weighted by atomic mass is 19.4. The van der Waals surface area contributed by atoms with Crippen molar-refractivity contribution >= 4 is 11.8 Å². The first kappa shape index (κ1) is 18.1. The zero-order chi connectivity index (χ0) is 17.9. The Labute approximate surface area is 137 Å². The molecule has 1 aliphatic rings. The highest BCUT2D eigenvalue weighted by Gasteiger charge is 2.38. The first-order valence-corrected chi connectivity index (χ1v) is 7.57. The molecule has 0 aromatic heterocycles. The van der Waals surface area contributed by atoms with Crippen LogP contribution in [0.25, 0.3) is 0 Å². The summed E-state index contributed by atoms with van der Waals surface area (Å²) in [4.78, 5) is 24.7. The SMILES string of the molecule is CC(C)Oc1ccccc1C(=O)N[C@H]1CC(=O)N(CC(F)(F)F)C1. The summed E-state index contributed by atoms with van der Waals surface area (Å²) in [5.74, 6) is -0.705. The minimum absolute atomic E-state index is 0.130. The minimum Gasteiger partial charge on any atom is -0.490 e. The normalized spacial score (nSPS) is 18.2. The fourth-order valence-corrected chi connectivity index (χ4v) is 2.51. The summed E-state index contributed by atoms with van der Waals surface area (Å²) in [5.41, 5.74) is 0.285. The lowest BCUT2D eigenvalue weighted by Crippen LogP contribution is -2.39. The monoisotopic (exact) mass is 344 g/mol. The van der Waals surface area contributed by atoms with Crippen LogP contribution < -0.4 is 10.1 Å². The van der Waals surface area contributed by atoms with E-state index in [1.165, 1.54) is 0 Å². The topological polar surface area (TPSA) is 58.6 Å². The number of rotatable bonds is 5. The summed E-state index contributed by atoms with van der Waals surface area (Å²) in [5, 5.41) is 2.61. The number of nitrogens with one attached hydrogen (secondary N) is 1. The molecule has 1 aromatic carbocycles. The number of alkyl halides is 3. The van der Waals surface area contributed by atoms with Crippen molar-refractivity contribution in [3.05, 3.63) is 29.8 Å². The summed E-state index contributed by atoms with van der Waals surface area (Å²) in [6.07, 6.45) is -4.73. The van der Waals surface area contributed by atoms with Gasteiger partial charge in [-0.1, -0.05) is 12.1 Å². The van der Waals surface area contributed by atoms with Crippen molar-refractivity contribution in [1.82, 2.24) is 10.2 Å². The lowest BCUT2D eigenvalue weighted by atomic mass is 10.1. The maximum absolute atomic E-state index is 12.4. The summed E-state index contributed by atoms with van der Waals surface area (Å²) in [6, 6.07) is 5.94. The Bertz CT molecular complexity index is 617. The van der Waals surface area contributed by atoms with E-state index in [0.29, 0.717) is 10.6 Å². The third-order valence-corrected chi connectivity index (χ3v) is 3.41. The van der Waals surface area contributed by atoms with Gasteiger partial charge in [-0.05, 0) is 26.0 Å². The molecule has 0 radical (unpaired) electrons. The van der Waals surface area contributed by atoms with Crippen molar-refractivity contribution in [2.75, 3.05) is 13.1 Å². The molecule has 132 valence electrons. The lowest BCUT2D eigenvalue weighted by Gasteiger charge is -2.19. The number of carbonyl (C=O) groups is 2. The number of hydrogen-bond donors (Lipinski definition) is 1. The molecule has 1 saturated heterocycles. The molecule has 1 aromatic rings. The van der Waals surface area contributed by atoms with Crippen LogP contribution in [0.5, 0.6) is 5.75 Å². The van der Waals surface area contributed by atoms with Crippen molar-refractivity contribution in [3.63, 3.8) is 0 Å². The quantitative estimate of drug-likeness (QED) is 0.892. The van der Waals surface area contributed by atoms with Gasteiger partial charge in [-0.25, -0.2) is 0 Å². The average Bonchev–Trinajstić information content (AvgIpc) is 2.76. The van der Waals surface area contributed by atoms with Crippen molar-refractivity contribution in [3.8, 4) is 5.75 Å². The number of likely N-dealkylation sites (tertiary alicyclic amines) is 1. The molecule has 5 nitrogen and oxygen atoms in total. The number of ether oxygens (including phenoxy) is 1. The molecule has 0 aliphatic carbocycles. The molecule has 0 unspecified atom stereocenters. The second-order valence-electron chi connectivity index (χ2n) is 5.93. The molecule has 2 amide bonds. The Morgan fingerprint density at radius 1 is 1.38 bits per heavy atom. The first-order chi connectivity index (χ1) is 11.2. The fourth-order valence-electron chi connectivity index (χ4n) is 2.51. The molecule has 1 fully saturated rings. The number of hydrogen-bond acceptors (Lipinski definition) is 3. The van der Waals surface area contributed by atoms with E-state index >= 15 is 0 Å². The largest absolute Gasteiger partial charge is 0.490 e. The van der Waals surface area contributed by atoms with E-state index in [-0.39, 0.29) is 24.6 Å². The van der Waals surface area contributed by atoms with Crippen LogP contribution in [0.2, 0.25) is 0 Å². The number of carbonyl (C=O) groups excluding carboxylic acids is 2. The van der Waals surface area contributed by atoms with Crippen molar-refractivity contribution in [2.45, 2.75) is 38.6 Å². The van der Waals surface area contributed by atoms with Crippen LogP contribution in [0, 0.1) is 0 Å². The van der Waals surface area contributed by atoms with Crippen LogP contribution in [-0.2, 0) is 4.79 Å². The van der Waals surface area contributed by atoms with Crippen LogP contribution in [0.15, 0.2) is 24.3 Å². The smallest absolute Gasteiger partial charge is 0.406 e. The highest BCUT2D eigenvalue weighted by Crippen LogP contribution is 2.22. The number of benzene rings is 1. The Hall–Kier alpha value is -2.25. The van der Waals surface area contributed by atoms with Crippen LogP contribution in [-0.4, -0.2) is 48.1 Å². The molecule has 1 atom stereocenters. The van der Waals surface area contributed by atoms with Gasteiger partial charge in [0, 0.05) is 13.0 Å². The zero-order valence-corrected chi connectivity index (χ0v) is 13.4. The molecule has 1 aliphatic heterocycles.